The van der Waals surface area contributed by atoms with Gasteiger partial charge in [0.25, 0.3) is 5.69 Å². The molecule has 0 bridgehead atoms. The summed E-state index contributed by atoms with van der Waals surface area (Å²) in [5, 5.41) is 16.4. The van der Waals surface area contributed by atoms with E-state index in [9.17, 15) is 14.9 Å². The number of nitrogens with zero attached hydrogens (tertiary/aromatic N) is 1. The van der Waals surface area contributed by atoms with Crippen molar-refractivity contribution in [1.82, 2.24) is 5.32 Å². The number of amides is 1. The van der Waals surface area contributed by atoms with Gasteiger partial charge < -0.3 is 9.73 Å². The van der Waals surface area contributed by atoms with E-state index in [0.29, 0.717) is 11.3 Å². The highest BCUT2D eigenvalue weighted by atomic mass is 16.6. The molecule has 0 aliphatic rings. The molecule has 0 aliphatic heterocycles. The first-order valence-corrected chi connectivity index (χ1v) is 6.79. The summed E-state index contributed by atoms with van der Waals surface area (Å²) in [6, 6.07) is 7.85. The molecule has 2 rings (SSSR count). The lowest BCUT2D eigenvalue weighted by Crippen LogP contribution is -2.30. The maximum absolute atomic E-state index is 11.9. The van der Waals surface area contributed by atoms with E-state index < -0.39 is 4.92 Å². The SMILES string of the molecule is Cc1cc([N+](=O)[O-])ccc1NC(=O)CN[C@@H](C)c1ccco1. The molecule has 1 heterocycles. The molecule has 2 aromatic rings. The fraction of sp³-hybridized carbons (Fsp3) is 0.267. The minimum absolute atomic E-state index is 0.0000607. The first kappa shape index (κ1) is 15.7. The summed E-state index contributed by atoms with van der Waals surface area (Å²) in [5.41, 5.74) is 1.20. The van der Waals surface area contributed by atoms with Crippen LogP contribution < -0.4 is 10.6 Å². The predicted octanol–water partition coefficient (Wildman–Crippen LogP) is 2.79. The molecule has 0 radical (unpaired) electrons. The van der Waals surface area contributed by atoms with Crippen molar-refractivity contribution in [2.24, 2.45) is 0 Å². The number of rotatable bonds is 6. The Morgan fingerprint density at radius 1 is 1.41 bits per heavy atom. The maximum Gasteiger partial charge on any atom is 0.269 e. The molecule has 7 nitrogen and oxygen atoms in total. The van der Waals surface area contributed by atoms with Gasteiger partial charge in [-0.2, -0.15) is 0 Å². The number of non-ortho nitro benzene ring substituents is 1. The second-order valence-corrected chi connectivity index (χ2v) is 4.92. The molecule has 0 saturated heterocycles. The number of hydrogen-bond acceptors (Lipinski definition) is 5. The number of aryl methyl sites for hydroxylation is 1. The number of hydrogen-bond donors (Lipinski definition) is 2. The van der Waals surface area contributed by atoms with Gasteiger partial charge in [-0.3, -0.25) is 20.2 Å². The summed E-state index contributed by atoms with van der Waals surface area (Å²) < 4.78 is 5.24. The topological polar surface area (TPSA) is 97.4 Å². The third-order valence-corrected chi connectivity index (χ3v) is 3.23. The summed E-state index contributed by atoms with van der Waals surface area (Å²) in [4.78, 5) is 22.1. The van der Waals surface area contributed by atoms with E-state index in [1.54, 1.807) is 19.3 Å². The van der Waals surface area contributed by atoms with Crippen LogP contribution in [0.4, 0.5) is 11.4 Å². The van der Waals surface area contributed by atoms with E-state index in [4.69, 9.17) is 4.42 Å². The van der Waals surface area contributed by atoms with Gasteiger partial charge in [-0.05, 0) is 37.6 Å². The molecule has 0 saturated carbocycles. The van der Waals surface area contributed by atoms with Crippen molar-refractivity contribution < 1.29 is 14.1 Å². The van der Waals surface area contributed by atoms with Crippen molar-refractivity contribution in [2.75, 3.05) is 11.9 Å². The Labute approximate surface area is 127 Å². The zero-order valence-corrected chi connectivity index (χ0v) is 12.3. The quantitative estimate of drug-likeness (QED) is 0.631. The number of nitro groups is 1. The zero-order chi connectivity index (χ0) is 16.1. The van der Waals surface area contributed by atoms with Crippen molar-refractivity contribution in [1.29, 1.82) is 0 Å². The normalized spacial score (nSPS) is 11.9. The molecule has 0 spiro atoms. The smallest absolute Gasteiger partial charge is 0.269 e. The number of anilines is 1. The van der Waals surface area contributed by atoms with Gasteiger partial charge in [-0.1, -0.05) is 0 Å². The van der Waals surface area contributed by atoms with E-state index in [1.807, 2.05) is 13.0 Å². The molecule has 1 aromatic heterocycles. The maximum atomic E-state index is 11.9. The fourth-order valence-corrected chi connectivity index (χ4v) is 1.98. The van der Waals surface area contributed by atoms with Crippen LogP contribution >= 0.6 is 0 Å². The van der Waals surface area contributed by atoms with Crippen LogP contribution in [0.2, 0.25) is 0 Å². The van der Waals surface area contributed by atoms with Crippen LogP contribution in [-0.4, -0.2) is 17.4 Å². The number of benzene rings is 1. The van der Waals surface area contributed by atoms with Gasteiger partial charge in [0.1, 0.15) is 5.76 Å². The minimum Gasteiger partial charge on any atom is -0.468 e. The average molecular weight is 303 g/mol. The Hall–Kier alpha value is -2.67. The molecular weight excluding hydrogens is 286 g/mol. The molecule has 0 aliphatic carbocycles. The summed E-state index contributed by atoms with van der Waals surface area (Å²) in [6.07, 6.45) is 1.58. The van der Waals surface area contributed by atoms with E-state index in [0.717, 1.165) is 5.76 Å². The van der Waals surface area contributed by atoms with E-state index in [-0.39, 0.29) is 24.2 Å². The number of nitro benzene ring substituents is 1. The third-order valence-electron chi connectivity index (χ3n) is 3.23. The Balaban J connectivity index is 1.91. The lowest BCUT2D eigenvalue weighted by Gasteiger charge is -2.12. The second-order valence-electron chi connectivity index (χ2n) is 4.92. The molecule has 0 fully saturated rings. The van der Waals surface area contributed by atoms with Crippen LogP contribution in [0.15, 0.2) is 41.0 Å². The zero-order valence-electron chi connectivity index (χ0n) is 12.3. The van der Waals surface area contributed by atoms with Crippen LogP contribution in [0, 0.1) is 17.0 Å². The number of nitrogens with one attached hydrogen (secondary N) is 2. The Bertz CT molecular complexity index is 667. The number of carbonyl (C=O) groups excluding carboxylic acids is 1. The average Bonchev–Trinajstić information content (AvgIpc) is 3.01. The summed E-state index contributed by atoms with van der Waals surface area (Å²) in [7, 11) is 0. The molecule has 2 N–H and O–H groups in total. The van der Waals surface area contributed by atoms with Gasteiger partial charge in [-0.15, -0.1) is 0 Å². The molecule has 22 heavy (non-hydrogen) atoms. The van der Waals surface area contributed by atoms with Crippen LogP contribution in [0.5, 0.6) is 0 Å². The van der Waals surface area contributed by atoms with Gasteiger partial charge in [0.15, 0.2) is 0 Å². The highest BCUT2D eigenvalue weighted by molar-refractivity contribution is 5.93. The number of furan rings is 1. The fourth-order valence-electron chi connectivity index (χ4n) is 1.98. The van der Waals surface area contributed by atoms with Gasteiger partial charge in [0.05, 0.1) is 23.8 Å². The molecule has 1 atom stereocenters. The monoisotopic (exact) mass is 303 g/mol. The van der Waals surface area contributed by atoms with Gasteiger partial charge in [-0.25, -0.2) is 0 Å². The lowest BCUT2D eigenvalue weighted by molar-refractivity contribution is -0.384. The van der Waals surface area contributed by atoms with Crippen molar-refractivity contribution in [2.45, 2.75) is 19.9 Å². The molecular formula is C15H17N3O4. The largest absolute Gasteiger partial charge is 0.468 e. The molecule has 116 valence electrons. The predicted molar refractivity (Wildman–Crippen MR) is 81.6 cm³/mol. The summed E-state index contributed by atoms with van der Waals surface area (Å²) in [6.45, 7) is 3.71. The van der Waals surface area contributed by atoms with Crippen LogP contribution in [-0.2, 0) is 4.79 Å². The highest BCUT2D eigenvalue weighted by Gasteiger charge is 2.12. The second kappa shape index (κ2) is 6.86. The van der Waals surface area contributed by atoms with Crippen LogP contribution in [0.3, 0.4) is 0 Å². The third kappa shape index (κ3) is 3.92. The Morgan fingerprint density at radius 2 is 2.18 bits per heavy atom. The van der Waals surface area contributed by atoms with Crippen molar-refractivity contribution in [3.05, 3.63) is 58.0 Å². The van der Waals surface area contributed by atoms with Crippen molar-refractivity contribution >= 4 is 17.3 Å². The van der Waals surface area contributed by atoms with Crippen LogP contribution in [0.1, 0.15) is 24.3 Å². The highest BCUT2D eigenvalue weighted by Crippen LogP contribution is 2.21. The molecule has 1 aromatic carbocycles. The summed E-state index contributed by atoms with van der Waals surface area (Å²) >= 11 is 0. The Morgan fingerprint density at radius 3 is 2.77 bits per heavy atom. The lowest BCUT2D eigenvalue weighted by atomic mass is 10.2. The van der Waals surface area contributed by atoms with E-state index in [2.05, 4.69) is 10.6 Å². The number of carbonyl (C=O) groups is 1. The van der Waals surface area contributed by atoms with E-state index in [1.165, 1.54) is 18.2 Å². The van der Waals surface area contributed by atoms with E-state index >= 15 is 0 Å². The summed E-state index contributed by atoms with van der Waals surface area (Å²) in [5.74, 6) is 0.523. The van der Waals surface area contributed by atoms with Crippen molar-refractivity contribution in [3.8, 4) is 0 Å². The van der Waals surface area contributed by atoms with Gasteiger partial charge >= 0.3 is 0 Å². The molecule has 0 unspecified atom stereocenters. The standard InChI is InChI=1S/C15H17N3O4/c1-10-8-12(18(20)21)5-6-13(10)17-15(19)9-16-11(2)14-4-3-7-22-14/h3-8,11,16H,9H2,1-2H3,(H,17,19)/t11-/m0/s1. The molecule has 1 amide bonds. The first-order valence-electron chi connectivity index (χ1n) is 6.79. The van der Waals surface area contributed by atoms with Gasteiger partial charge in [0, 0.05) is 17.8 Å². The molecule has 7 heteroatoms. The minimum atomic E-state index is -0.467. The Kier molecular flexibility index (Phi) is 4.90. The first-order chi connectivity index (χ1) is 10.5. The van der Waals surface area contributed by atoms with Crippen molar-refractivity contribution in [3.63, 3.8) is 0 Å². The van der Waals surface area contributed by atoms with Crippen LogP contribution in [0.25, 0.3) is 0 Å². The van der Waals surface area contributed by atoms with Gasteiger partial charge in [0.2, 0.25) is 5.91 Å².